The van der Waals surface area contributed by atoms with Gasteiger partial charge in [0.15, 0.2) is 0 Å². The van der Waals surface area contributed by atoms with Gasteiger partial charge in [0.25, 0.3) is 0 Å². The molecule has 4 heteroatoms. The number of benzene rings is 1. The first-order valence-electron chi connectivity index (χ1n) is 5.72. The van der Waals surface area contributed by atoms with Crippen molar-refractivity contribution in [1.82, 2.24) is 0 Å². The molecular weight excluding hydrogens is 262 g/mol. The molecule has 3 atom stereocenters. The van der Waals surface area contributed by atoms with Gasteiger partial charge in [0.05, 0.1) is 11.5 Å². The summed E-state index contributed by atoms with van der Waals surface area (Å²) < 4.78 is 18.9. The van der Waals surface area contributed by atoms with E-state index in [4.69, 9.17) is 27.9 Å². The minimum Gasteiger partial charge on any atom is -0.376 e. The standard InChI is InChI=1S/C13H15Cl2FO/c1-7-3-4-17-13(7)12(15)9-5-8(2)11(16)6-10(9)14/h5-7,12-13H,3-4H2,1-2H3. The summed E-state index contributed by atoms with van der Waals surface area (Å²) in [4.78, 5) is 0. The fourth-order valence-electron chi connectivity index (χ4n) is 2.16. The third kappa shape index (κ3) is 2.59. The fraction of sp³-hybridized carbons (Fsp3) is 0.538. The van der Waals surface area contributed by atoms with Gasteiger partial charge < -0.3 is 4.74 Å². The van der Waals surface area contributed by atoms with Gasteiger partial charge in [-0.25, -0.2) is 4.39 Å². The Morgan fingerprint density at radius 2 is 2.18 bits per heavy atom. The highest BCUT2D eigenvalue weighted by molar-refractivity contribution is 6.32. The molecule has 0 saturated carbocycles. The molecule has 1 saturated heterocycles. The lowest BCUT2D eigenvalue weighted by Crippen LogP contribution is -2.20. The third-order valence-corrected chi connectivity index (χ3v) is 4.12. The number of rotatable bonds is 2. The van der Waals surface area contributed by atoms with E-state index in [-0.39, 0.29) is 17.3 Å². The molecule has 0 aromatic heterocycles. The summed E-state index contributed by atoms with van der Waals surface area (Å²) >= 11 is 12.4. The number of ether oxygens (including phenoxy) is 1. The lowest BCUT2D eigenvalue weighted by molar-refractivity contribution is 0.0903. The van der Waals surface area contributed by atoms with Crippen molar-refractivity contribution in [3.05, 3.63) is 34.1 Å². The van der Waals surface area contributed by atoms with Gasteiger partial charge in [0.2, 0.25) is 0 Å². The highest BCUT2D eigenvalue weighted by Gasteiger charge is 2.33. The van der Waals surface area contributed by atoms with Crippen molar-refractivity contribution >= 4 is 23.2 Å². The topological polar surface area (TPSA) is 9.23 Å². The van der Waals surface area contributed by atoms with Crippen LogP contribution in [-0.4, -0.2) is 12.7 Å². The summed E-state index contributed by atoms with van der Waals surface area (Å²) in [5, 5.41) is 0.0510. The number of alkyl halides is 1. The van der Waals surface area contributed by atoms with Gasteiger partial charge in [0, 0.05) is 11.6 Å². The van der Waals surface area contributed by atoms with Crippen LogP contribution in [0.2, 0.25) is 5.02 Å². The molecule has 1 heterocycles. The van der Waals surface area contributed by atoms with Gasteiger partial charge in [-0.2, -0.15) is 0 Å². The molecule has 0 aliphatic carbocycles. The Morgan fingerprint density at radius 3 is 2.76 bits per heavy atom. The smallest absolute Gasteiger partial charge is 0.127 e. The highest BCUT2D eigenvalue weighted by Crippen LogP contribution is 2.39. The summed E-state index contributed by atoms with van der Waals surface area (Å²) in [7, 11) is 0. The van der Waals surface area contributed by atoms with E-state index in [1.54, 1.807) is 13.0 Å². The minimum absolute atomic E-state index is 0.0426. The van der Waals surface area contributed by atoms with Gasteiger partial charge >= 0.3 is 0 Å². The molecule has 1 aromatic rings. The SMILES string of the molecule is Cc1cc(C(Cl)C2OCCC2C)c(Cl)cc1F. The van der Waals surface area contributed by atoms with Crippen LogP contribution >= 0.6 is 23.2 Å². The Hall–Kier alpha value is -0.310. The maximum Gasteiger partial charge on any atom is 0.127 e. The summed E-state index contributed by atoms with van der Waals surface area (Å²) in [5.41, 5.74) is 1.31. The quantitative estimate of drug-likeness (QED) is 0.723. The zero-order chi connectivity index (χ0) is 12.6. The van der Waals surface area contributed by atoms with E-state index in [1.165, 1.54) is 6.07 Å². The molecule has 3 unspecified atom stereocenters. The molecule has 1 aromatic carbocycles. The van der Waals surface area contributed by atoms with E-state index in [0.717, 1.165) is 18.6 Å². The molecule has 0 amide bonds. The van der Waals surface area contributed by atoms with Crippen molar-refractivity contribution in [3.8, 4) is 0 Å². The van der Waals surface area contributed by atoms with E-state index in [0.29, 0.717) is 16.5 Å². The van der Waals surface area contributed by atoms with Gasteiger partial charge in [-0.3, -0.25) is 0 Å². The molecule has 17 heavy (non-hydrogen) atoms. The molecule has 1 fully saturated rings. The second-order valence-corrected chi connectivity index (χ2v) is 5.50. The molecule has 94 valence electrons. The molecule has 1 nitrogen and oxygen atoms in total. The van der Waals surface area contributed by atoms with Gasteiger partial charge in [-0.05, 0) is 36.5 Å². The van der Waals surface area contributed by atoms with Crippen LogP contribution in [0.25, 0.3) is 0 Å². The molecule has 1 aliphatic heterocycles. The van der Waals surface area contributed by atoms with Crippen LogP contribution < -0.4 is 0 Å². The van der Waals surface area contributed by atoms with Crippen molar-refractivity contribution in [2.24, 2.45) is 5.92 Å². The Morgan fingerprint density at radius 1 is 1.47 bits per heavy atom. The Labute approximate surface area is 111 Å². The van der Waals surface area contributed by atoms with Crippen LogP contribution in [0.3, 0.4) is 0 Å². The maximum absolute atomic E-state index is 13.3. The van der Waals surface area contributed by atoms with Crippen LogP contribution in [0.5, 0.6) is 0 Å². The second-order valence-electron chi connectivity index (χ2n) is 4.63. The normalized spacial score (nSPS) is 26.2. The number of hydrogen-bond acceptors (Lipinski definition) is 1. The van der Waals surface area contributed by atoms with E-state index >= 15 is 0 Å². The second kappa shape index (κ2) is 5.13. The van der Waals surface area contributed by atoms with Crippen LogP contribution in [0.1, 0.15) is 29.8 Å². The first-order chi connectivity index (χ1) is 8.00. The van der Waals surface area contributed by atoms with E-state index in [1.807, 2.05) is 0 Å². The fourth-order valence-corrected chi connectivity index (χ4v) is 2.98. The summed E-state index contributed by atoms with van der Waals surface area (Å²) in [6, 6.07) is 3.03. The Bertz CT molecular complexity index is 422. The van der Waals surface area contributed by atoms with E-state index < -0.39 is 0 Å². The molecule has 0 radical (unpaired) electrons. The third-order valence-electron chi connectivity index (χ3n) is 3.31. The molecule has 0 N–H and O–H groups in total. The predicted octanol–water partition coefficient (Wildman–Crippen LogP) is 4.49. The molecule has 1 aliphatic rings. The minimum atomic E-state index is -0.320. The van der Waals surface area contributed by atoms with E-state index in [9.17, 15) is 4.39 Å². The molecular formula is C13H15Cl2FO. The largest absolute Gasteiger partial charge is 0.376 e. The Kier molecular flexibility index (Phi) is 3.96. The Balaban J connectivity index is 2.30. The number of aryl methyl sites for hydroxylation is 1. The van der Waals surface area contributed by atoms with E-state index in [2.05, 4.69) is 6.92 Å². The zero-order valence-corrected chi connectivity index (χ0v) is 11.4. The van der Waals surface area contributed by atoms with Gasteiger partial charge in [0.1, 0.15) is 5.82 Å². The number of halogens is 3. The molecule has 0 bridgehead atoms. The van der Waals surface area contributed by atoms with Crippen molar-refractivity contribution < 1.29 is 9.13 Å². The molecule has 0 spiro atoms. The summed E-state index contributed by atoms with van der Waals surface area (Å²) in [6.07, 6.45) is 0.963. The van der Waals surface area contributed by atoms with Crippen LogP contribution in [0, 0.1) is 18.7 Å². The first kappa shape index (κ1) is 13.1. The van der Waals surface area contributed by atoms with Crippen molar-refractivity contribution in [1.29, 1.82) is 0 Å². The lowest BCUT2D eigenvalue weighted by Gasteiger charge is -2.22. The van der Waals surface area contributed by atoms with Crippen molar-refractivity contribution in [2.45, 2.75) is 31.7 Å². The monoisotopic (exact) mass is 276 g/mol. The first-order valence-corrected chi connectivity index (χ1v) is 6.53. The predicted molar refractivity (Wildman–Crippen MR) is 68.3 cm³/mol. The zero-order valence-electron chi connectivity index (χ0n) is 9.84. The van der Waals surface area contributed by atoms with Gasteiger partial charge in [-0.1, -0.05) is 24.6 Å². The van der Waals surface area contributed by atoms with Gasteiger partial charge in [-0.15, -0.1) is 11.6 Å². The van der Waals surface area contributed by atoms with Crippen LogP contribution in [0.4, 0.5) is 4.39 Å². The average Bonchev–Trinajstić information content (AvgIpc) is 2.69. The maximum atomic E-state index is 13.3. The van der Waals surface area contributed by atoms with Crippen LogP contribution in [0.15, 0.2) is 12.1 Å². The van der Waals surface area contributed by atoms with Crippen molar-refractivity contribution in [3.63, 3.8) is 0 Å². The number of hydrogen-bond donors (Lipinski definition) is 0. The lowest BCUT2D eigenvalue weighted by atomic mass is 9.96. The van der Waals surface area contributed by atoms with Crippen LogP contribution in [-0.2, 0) is 4.74 Å². The summed E-state index contributed by atoms with van der Waals surface area (Å²) in [6.45, 7) is 4.54. The highest BCUT2D eigenvalue weighted by atomic mass is 35.5. The molecule has 2 rings (SSSR count). The van der Waals surface area contributed by atoms with Crippen molar-refractivity contribution in [2.75, 3.05) is 6.61 Å². The summed E-state index contributed by atoms with van der Waals surface area (Å²) in [5.74, 6) is 0.0990. The average molecular weight is 277 g/mol.